The Bertz CT molecular complexity index is 1580. The number of rotatable bonds is 4. The quantitative estimate of drug-likeness (QED) is 0.287. The van der Waals surface area contributed by atoms with Crippen molar-refractivity contribution in [1.82, 2.24) is 19.9 Å². The number of sulfonamides is 1. The number of halogens is 2. The monoisotopic (exact) mass is 511 g/mol. The number of benzene rings is 1. The van der Waals surface area contributed by atoms with Crippen molar-refractivity contribution in [3.8, 4) is 23.0 Å². The Morgan fingerprint density at radius 3 is 2.69 bits per heavy atom. The number of pyridine rings is 2. The lowest BCUT2D eigenvalue weighted by molar-refractivity contribution is 0.171. The van der Waals surface area contributed by atoms with Gasteiger partial charge in [-0.2, -0.15) is 5.10 Å². The molecule has 4 aromatic rings. The molecule has 4 heterocycles. The first-order valence-corrected chi connectivity index (χ1v) is 12.5. The third-order valence-corrected chi connectivity index (χ3v) is 7.32. The van der Waals surface area contributed by atoms with Crippen LogP contribution in [-0.4, -0.2) is 47.3 Å². The van der Waals surface area contributed by atoms with Crippen molar-refractivity contribution in [3.63, 3.8) is 0 Å². The van der Waals surface area contributed by atoms with Gasteiger partial charge in [0.25, 0.3) is 10.0 Å². The third kappa shape index (κ3) is 4.85. The summed E-state index contributed by atoms with van der Waals surface area (Å²) in [6.45, 7) is 1.15. The highest BCUT2D eigenvalue weighted by Gasteiger charge is 2.22. The summed E-state index contributed by atoms with van der Waals surface area (Å²) in [6.07, 6.45) is 4.45. The molecule has 0 bridgehead atoms. The van der Waals surface area contributed by atoms with E-state index >= 15 is 0 Å². The molecule has 1 aliphatic rings. The van der Waals surface area contributed by atoms with Gasteiger partial charge in [0, 0.05) is 31.0 Å². The molecular formula is C24H19ClFN5O3S. The number of aromatic nitrogens is 3. The molecule has 0 saturated carbocycles. The van der Waals surface area contributed by atoms with E-state index in [1.807, 2.05) is 12.1 Å². The largest absolute Gasteiger partial charge is 0.390 e. The van der Waals surface area contributed by atoms with E-state index in [1.165, 1.54) is 18.3 Å². The van der Waals surface area contributed by atoms with Gasteiger partial charge in [-0.15, -0.1) is 0 Å². The zero-order valence-corrected chi connectivity index (χ0v) is 19.7. The average Bonchev–Trinajstić information content (AvgIpc) is 3.44. The topological polar surface area (TPSA) is 109 Å². The van der Waals surface area contributed by atoms with Crippen LogP contribution in [0.2, 0.25) is 5.15 Å². The molecule has 8 nitrogen and oxygen atoms in total. The van der Waals surface area contributed by atoms with Gasteiger partial charge in [-0.1, -0.05) is 23.4 Å². The Kier molecular flexibility index (Phi) is 6.17. The van der Waals surface area contributed by atoms with E-state index in [9.17, 15) is 17.9 Å². The number of aliphatic hydroxyl groups is 1. The van der Waals surface area contributed by atoms with E-state index in [0.29, 0.717) is 24.2 Å². The Morgan fingerprint density at radius 1 is 1.14 bits per heavy atom. The minimum Gasteiger partial charge on any atom is -0.390 e. The van der Waals surface area contributed by atoms with Gasteiger partial charge < -0.3 is 10.4 Å². The molecule has 0 radical (unpaired) electrons. The molecule has 1 fully saturated rings. The van der Waals surface area contributed by atoms with Crippen molar-refractivity contribution in [2.75, 3.05) is 17.8 Å². The lowest BCUT2D eigenvalue weighted by Gasteiger charge is -2.11. The van der Waals surface area contributed by atoms with E-state index < -0.39 is 21.9 Å². The van der Waals surface area contributed by atoms with E-state index in [-0.39, 0.29) is 21.7 Å². The van der Waals surface area contributed by atoms with Crippen molar-refractivity contribution in [2.24, 2.45) is 5.92 Å². The smallest absolute Gasteiger partial charge is 0.261 e. The third-order valence-electron chi connectivity index (χ3n) is 5.64. The van der Waals surface area contributed by atoms with E-state index in [2.05, 4.69) is 32.0 Å². The van der Waals surface area contributed by atoms with Crippen LogP contribution >= 0.6 is 11.6 Å². The molecule has 2 atom stereocenters. The summed E-state index contributed by atoms with van der Waals surface area (Å²) >= 11 is 6.16. The molecule has 1 saturated heterocycles. The van der Waals surface area contributed by atoms with Crippen LogP contribution in [0.1, 0.15) is 5.56 Å². The molecule has 1 aliphatic heterocycles. The zero-order chi connectivity index (χ0) is 24.6. The first-order chi connectivity index (χ1) is 16.8. The summed E-state index contributed by atoms with van der Waals surface area (Å²) in [7, 11) is -4.00. The molecular weight excluding hydrogens is 493 g/mol. The molecule has 0 aliphatic carbocycles. The molecule has 0 spiro atoms. The highest BCUT2D eigenvalue weighted by molar-refractivity contribution is 7.92. The number of nitrogens with one attached hydrogen (secondary N) is 2. The van der Waals surface area contributed by atoms with E-state index in [4.69, 9.17) is 11.6 Å². The number of β-amino-alcohol motifs (C(OH)–C–C–N with tert-alkyl or cyclic N) is 1. The van der Waals surface area contributed by atoms with Crippen molar-refractivity contribution >= 4 is 32.8 Å². The van der Waals surface area contributed by atoms with Crippen LogP contribution in [0, 0.1) is 23.6 Å². The van der Waals surface area contributed by atoms with Gasteiger partial charge in [0.1, 0.15) is 5.82 Å². The second-order valence-corrected chi connectivity index (χ2v) is 10.1. The fraction of sp³-hybridized carbons (Fsp3) is 0.167. The predicted octanol–water partition coefficient (Wildman–Crippen LogP) is 2.92. The molecule has 35 heavy (non-hydrogen) atoms. The van der Waals surface area contributed by atoms with Crippen LogP contribution in [0.25, 0.3) is 16.6 Å². The van der Waals surface area contributed by atoms with Crippen LogP contribution in [0.4, 0.5) is 10.1 Å². The van der Waals surface area contributed by atoms with Gasteiger partial charge in [-0.25, -0.2) is 22.3 Å². The Hall–Kier alpha value is -3.49. The minimum absolute atomic E-state index is 0.0276. The summed E-state index contributed by atoms with van der Waals surface area (Å²) < 4.78 is 42.8. The lowest BCUT2D eigenvalue weighted by atomic mass is 10.1. The maximum absolute atomic E-state index is 13.2. The van der Waals surface area contributed by atoms with Crippen molar-refractivity contribution < 1.29 is 17.9 Å². The summed E-state index contributed by atoms with van der Waals surface area (Å²) in [5.74, 6) is 5.52. The predicted molar refractivity (Wildman–Crippen MR) is 130 cm³/mol. The highest BCUT2D eigenvalue weighted by atomic mass is 35.5. The number of anilines is 1. The Balaban J connectivity index is 1.47. The summed E-state index contributed by atoms with van der Waals surface area (Å²) in [6, 6.07) is 9.71. The van der Waals surface area contributed by atoms with Crippen molar-refractivity contribution in [2.45, 2.75) is 11.0 Å². The molecule has 3 aromatic heterocycles. The Labute approximate surface area is 205 Å². The maximum Gasteiger partial charge on any atom is 0.261 e. The van der Waals surface area contributed by atoms with E-state index in [1.54, 1.807) is 23.0 Å². The molecule has 2 unspecified atom stereocenters. The molecule has 178 valence electrons. The van der Waals surface area contributed by atoms with Gasteiger partial charge in [-0.3, -0.25) is 4.72 Å². The van der Waals surface area contributed by atoms with Gasteiger partial charge >= 0.3 is 0 Å². The second-order valence-electron chi connectivity index (χ2n) is 8.03. The lowest BCUT2D eigenvalue weighted by Crippen LogP contribution is -2.16. The van der Waals surface area contributed by atoms with Crippen LogP contribution in [0.3, 0.4) is 0 Å². The number of hydrogen-bond donors (Lipinski definition) is 3. The van der Waals surface area contributed by atoms with Crippen LogP contribution < -0.4 is 10.0 Å². The van der Waals surface area contributed by atoms with Gasteiger partial charge in [0.15, 0.2) is 5.15 Å². The molecule has 1 aromatic carbocycles. The average molecular weight is 512 g/mol. The number of nitrogens with zero attached hydrogens (tertiary/aromatic N) is 3. The fourth-order valence-electron chi connectivity index (χ4n) is 3.73. The van der Waals surface area contributed by atoms with Gasteiger partial charge in [0.2, 0.25) is 0 Å². The standard InChI is InChI=1S/C24H19ClFN5O3S/c25-24-21(30-35(33,34)20-5-3-19(26)4-6-20)9-18(12-28-24)15-7-8-31-22(10-15)16(13-29-31)1-2-17-11-27-14-23(17)32/h3-10,12-13,17,23,27,30,32H,11,14H2. The Morgan fingerprint density at radius 2 is 1.94 bits per heavy atom. The fourth-order valence-corrected chi connectivity index (χ4v) is 5.00. The molecule has 3 N–H and O–H groups in total. The molecule has 5 rings (SSSR count). The number of hydrogen-bond acceptors (Lipinski definition) is 6. The molecule has 0 amide bonds. The zero-order valence-electron chi connectivity index (χ0n) is 18.1. The normalized spacial score (nSPS) is 17.8. The number of fused-ring (bicyclic) bond motifs is 1. The number of aliphatic hydroxyl groups excluding tert-OH is 1. The summed E-state index contributed by atoms with van der Waals surface area (Å²) in [4.78, 5) is 4.02. The first-order valence-electron chi connectivity index (χ1n) is 10.6. The van der Waals surface area contributed by atoms with Crippen LogP contribution in [-0.2, 0) is 10.0 Å². The summed E-state index contributed by atoms with van der Waals surface area (Å²) in [5, 5.41) is 17.4. The summed E-state index contributed by atoms with van der Waals surface area (Å²) in [5.41, 5.74) is 2.90. The first kappa shape index (κ1) is 23.3. The minimum atomic E-state index is -4.00. The molecule has 11 heteroatoms. The second kappa shape index (κ2) is 9.28. The van der Waals surface area contributed by atoms with Crippen LogP contribution in [0.5, 0.6) is 0 Å². The van der Waals surface area contributed by atoms with Gasteiger partial charge in [0.05, 0.1) is 39.9 Å². The van der Waals surface area contributed by atoms with E-state index in [0.717, 1.165) is 23.2 Å². The maximum atomic E-state index is 13.2. The van der Waals surface area contributed by atoms with Crippen molar-refractivity contribution in [3.05, 3.63) is 77.6 Å². The van der Waals surface area contributed by atoms with Gasteiger partial charge in [-0.05, 0) is 48.0 Å². The highest BCUT2D eigenvalue weighted by Crippen LogP contribution is 2.29. The SMILES string of the molecule is O=S(=O)(Nc1cc(-c2ccn3ncc(C#CC4CNCC4O)c3c2)cnc1Cl)c1ccc(F)cc1. The van der Waals surface area contributed by atoms with Crippen LogP contribution in [0.15, 0.2) is 66.0 Å². The van der Waals surface area contributed by atoms with Crippen molar-refractivity contribution in [1.29, 1.82) is 0 Å².